The average Bonchev–Trinajstić information content (AvgIpc) is 4.35. The van der Waals surface area contributed by atoms with E-state index in [1.807, 2.05) is 12.1 Å². The summed E-state index contributed by atoms with van der Waals surface area (Å²) in [5.74, 6) is -0.410. The van der Waals surface area contributed by atoms with Gasteiger partial charge in [-0.1, -0.05) is 36.3 Å². The van der Waals surface area contributed by atoms with Crippen LogP contribution in [0.1, 0.15) is 20.8 Å². The molecule has 83 heavy (non-hydrogen) atoms. The van der Waals surface area contributed by atoms with Gasteiger partial charge in [0.1, 0.15) is 53.5 Å². The molecule has 434 valence electrons. The van der Waals surface area contributed by atoms with Gasteiger partial charge in [-0.05, 0) is 110 Å². The number of aromatic nitrogens is 4. The summed E-state index contributed by atoms with van der Waals surface area (Å²) in [5.41, 5.74) is -5.16. The summed E-state index contributed by atoms with van der Waals surface area (Å²) in [6, 6.07) is 31.9. The fourth-order valence-electron chi connectivity index (χ4n) is 7.22. The van der Waals surface area contributed by atoms with Crippen LogP contribution in [0.15, 0.2) is 171 Å². The lowest BCUT2D eigenvalue weighted by atomic mass is 10.2. The van der Waals surface area contributed by atoms with Gasteiger partial charge in [0, 0.05) is 48.5 Å². The number of hydrogen-bond donors (Lipinski definition) is 2. The monoisotopic (exact) mass is 1340 g/mol. The van der Waals surface area contributed by atoms with E-state index in [1.54, 1.807) is 31.2 Å². The first kappa shape index (κ1) is 61.9. The molecule has 4 heterocycles. The molecule has 0 spiro atoms. The maximum absolute atomic E-state index is 14.6. The Balaban J connectivity index is 0.000000233. The Kier molecular flexibility index (Phi) is 20.1. The predicted octanol–water partition coefficient (Wildman–Crippen LogP) is 10.2. The van der Waals surface area contributed by atoms with E-state index in [2.05, 4.69) is 51.4 Å². The SMILES string of the molecule is COc1ccc(CN(c2ccon2)S(=O)(=O)c2ccc3c(ccc(=O)n3-c3cc(F)c(Br)cc3OCC#N)c2)cc1.N#CCOc1cc(Br)c(F)cc1-n1c(=O)ccc2cc(S(=O)(=O)Nc3ccon3)ccc21.O=S(=O)(O)C(F)(F)F.[2H]CC. The fraction of sp³-hybridized carbons (Fsp3) is 0.137. The van der Waals surface area contributed by atoms with Crippen molar-refractivity contribution < 1.29 is 76.4 Å². The molecule has 4 aromatic heterocycles. The third kappa shape index (κ3) is 15.1. The normalized spacial score (nSPS) is 11.5. The lowest BCUT2D eigenvalue weighted by molar-refractivity contribution is -0.0510. The Morgan fingerprint density at radius 1 is 0.711 bits per heavy atom. The first-order valence-corrected chi connectivity index (χ1v) is 28.8. The van der Waals surface area contributed by atoms with Crippen molar-refractivity contribution in [3.8, 4) is 40.8 Å². The highest BCUT2D eigenvalue weighted by molar-refractivity contribution is 9.10. The number of halogens is 7. The van der Waals surface area contributed by atoms with E-state index in [0.717, 1.165) is 16.4 Å². The van der Waals surface area contributed by atoms with Crippen LogP contribution in [0.2, 0.25) is 0 Å². The second-order valence-electron chi connectivity index (χ2n) is 15.9. The number of ether oxygens (including phenoxy) is 3. The summed E-state index contributed by atoms with van der Waals surface area (Å²) in [7, 11) is -12.5. The highest BCUT2D eigenvalue weighted by Crippen LogP contribution is 2.35. The van der Waals surface area contributed by atoms with Crippen molar-refractivity contribution in [2.75, 3.05) is 29.4 Å². The van der Waals surface area contributed by atoms with Crippen molar-refractivity contribution >= 4 is 95.5 Å². The van der Waals surface area contributed by atoms with Gasteiger partial charge in [0.05, 0.1) is 54.8 Å². The number of hydrogen-bond acceptors (Lipinski definition) is 17. The molecule has 0 atom stereocenters. The minimum atomic E-state index is -5.84. The standard InChI is InChI=1S/C28H20BrFN4O6S.C20H12BrFN4O5S.C2H6.CHF3O3S/c1-38-20-5-2-18(3-6-20)17-33(27-10-12-40-32-27)41(36,37)21-7-8-24-19(14-21)4-9-28(35)34(24)25-16-23(30)22(29)15-26(25)39-13-11-31;21-14-10-18(30-8-6-23)17(11-15(14)22)26-16-3-2-13(9-12(16)1-4-20(26)27)32(28,29)25-19-5-7-31-24-19;1-2;2-1(3,4)8(5,6)7/h2-10,12,14-16H,13,17H2,1H3;1-5,7,9-11H,8H2,(H,24,25);1-2H3;(H,5,6,7)/i;;1D;. The largest absolute Gasteiger partial charge is 0.522 e. The molecular formula is C51H39Br2F5N8O14S3. The highest BCUT2D eigenvalue weighted by Gasteiger charge is 2.44. The van der Waals surface area contributed by atoms with Crippen molar-refractivity contribution in [3.63, 3.8) is 0 Å². The van der Waals surface area contributed by atoms with E-state index in [-0.39, 0.29) is 73.0 Å². The summed E-state index contributed by atoms with van der Waals surface area (Å²) >= 11 is 6.15. The zero-order valence-corrected chi connectivity index (χ0v) is 47.9. The van der Waals surface area contributed by atoms with E-state index in [9.17, 15) is 48.4 Å². The molecule has 22 nitrogen and oxygen atoms in total. The van der Waals surface area contributed by atoms with Crippen LogP contribution >= 0.6 is 31.9 Å². The van der Waals surface area contributed by atoms with Crippen LogP contribution in [0, 0.1) is 34.3 Å². The second-order valence-corrected chi connectivity index (χ2v) is 22.6. The van der Waals surface area contributed by atoms with Crippen molar-refractivity contribution in [1.82, 2.24) is 19.4 Å². The number of nitrogens with one attached hydrogen (secondary N) is 1. The molecule has 0 aliphatic carbocycles. The molecule has 0 saturated heterocycles. The lowest BCUT2D eigenvalue weighted by Gasteiger charge is -2.22. The summed E-state index contributed by atoms with van der Waals surface area (Å²) in [4.78, 5) is 25.6. The first-order chi connectivity index (χ1) is 39.7. The van der Waals surface area contributed by atoms with Crippen molar-refractivity contribution in [2.45, 2.75) is 35.7 Å². The van der Waals surface area contributed by atoms with Gasteiger partial charge < -0.3 is 23.3 Å². The van der Waals surface area contributed by atoms with Crippen molar-refractivity contribution in [2.24, 2.45) is 0 Å². The number of fused-ring (bicyclic) bond motifs is 2. The quantitative estimate of drug-likeness (QED) is 0.0547. The van der Waals surface area contributed by atoms with Gasteiger partial charge in [0.25, 0.3) is 31.2 Å². The van der Waals surface area contributed by atoms with Crippen molar-refractivity contribution in [1.29, 1.82) is 10.5 Å². The highest BCUT2D eigenvalue weighted by atomic mass is 79.9. The van der Waals surface area contributed by atoms with E-state index in [0.29, 0.717) is 40.0 Å². The molecule has 0 radical (unpaired) electrons. The predicted molar refractivity (Wildman–Crippen MR) is 296 cm³/mol. The molecule has 32 heteroatoms. The van der Waals surface area contributed by atoms with Gasteiger partial charge in [-0.3, -0.25) is 28.0 Å². The Bertz CT molecular complexity index is 4400. The van der Waals surface area contributed by atoms with Crippen LogP contribution in [0.5, 0.6) is 17.2 Å². The third-order valence-electron chi connectivity index (χ3n) is 10.8. The summed E-state index contributed by atoms with van der Waals surface area (Å²) < 4.78 is 177. The van der Waals surface area contributed by atoms with Crippen LogP contribution < -0.4 is 34.4 Å². The number of anilines is 2. The van der Waals surface area contributed by atoms with E-state index in [1.165, 1.54) is 114 Å². The van der Waals surface area contributed by atoms with Crippen LogP contribution in [-0.2, 0) is 36.7 Å². The van der Waals surface area contributed by atoms with Crippen LogP contribution in [0.4, 0.5) is 33.6 Å². The Labute approximate surface area is 485 Å². The molecular weight excluding hydrogens is 1300 g/mol. The molecule has 0 aliphatic heterocycles. The van der Waals surface area contributed by atoms with Gasteiger partial charge in [-0.25, -0.2) is 29.9 Å². The molecule has 2 N–H and O–H groups in total. The number of nitrogens with zero attached hydrogens (tertiary/aromatic N) is 7. The van der Waals surface area contributed by atoms with Gasteiger partial charge in [-0.2, -0.15) is 32.1 Å². The molecule has 0 saturated carbocycles. The van der Waals surface area contributed by atoms with Gasteiger partial charge in [0.2, 0.25) is 0 Å². The maximum atomic E-state index is 14.6. The Morgan fingerprint density at radius 2 is 1.18 bits per heavy atom. The number of pyridine rings is 2. The maximum Gasteiger partial charge on any atom is 0.522 e. The van der Waals surface area contributed by atoms with Gasteiger partial charge in [-0.15, -0.1) is 0 Å². The Morgan fingerprint density at radius 3 is 1.61 bits per heavy atom. The van der Waals surface area contributed by atoms with Crippen LogP contribution in [0.25, 0.3) is 33.2 Å². The molecule has 0 aliphatic rings. The topological polar surface area (TPSA) is 309 Å². The van der Waals surface area contributed by atoms with Gasteiger partial charge in [0.15, 0.2) is 24.8 Å². The first-order valence-electron chi connectivity index (χ1n) is 23.5. The summed E-state index contributed by atoms with van der Waals surface area (Å²) in [6.07, 6.45) is 2.49. The van der Waals surface area contributed by atoms with Crippen LogP contribution in [0.3, 0.4) is 0 Å². The molecule has 9 rings (SSSR count). The molecule has 9 aromatic rings. The van der Waals surface area contributed by atoms with Crippen LogP contribution in [-0.4, -0.2) is 75.1 Å². The molecule has 0 amide bonds. The van der Waals surface area contributed by atoms with E-state index < -0.39 is 58.4 Å². The summed E-state index contributed by atoms with van der Waals surface area (Å²) in [5, 5.41) is 25.9. The number of benzene rings is 5. The minimum absolute atomic E-state index is 0.0136. The zero-order chi connectivity index (χ0) is 61.7. The molecule has 0 bridgehead atoms. The number of nitriles is 2. The number of sulfonamides is 2. The third-order valence-corrected chi connectivity index (χ3v) is 15.7. The number of methoxy groups -OCH3 is 1. The van der Waals surface area contributed by atoms with Gasteiger partial charge >= 0.3 is 15.6 Å². The fourth-order valence-corrected chi connectivity index (χ4v) is 10.3. The van der Waals surface area contributed by atoms with E-state index in [4.69, 9.17) is 43.6 Å². The summed E-state index contributed by atoms with van der Waals surface area (Å²) in [6.45, 7) is 1.59. The Hall–Kier alpha value is -8.66. The zero-order valence-electron chi connectivity index (χ0n) is 43.3. The van der Waals surface area contributed by atoms with Crippen molar-refractivity contribution in [3.05, 3.63) is 181 Å². The molecule has 0 unspecified atom stereocenters. The minimum Gasteiger partial charge on any atom is -0.497 e. The number of alkyl halides is 3. The van der Waals surface area contributed by atoms with E-state index >= 15 is 0 Å². The number of rotatable bonds is 15. The second kappa shape index (κ2) is 26.9. The molecule has 0 fully saturated rings. The molecule has 5 aromatic carbocycles. The smallest absolute Gasteiger partial charge is 0.497 e. The average molecular weight is 1340 g/mol. The lowest BCUT2D eigenvalue weighted by Crippen LogP contribution is -2.31.